The van der Waals surface area contributed by atoms with Crippen molar-refractivity contribution in [2.45, 2.75) is 6.42 Å². The van der Waals surface area contributed by atoms with Gasteiger partial charge in [-0.1, -0.05) is 12.1 Å². The topological polar surface area (TPSA) is 52.3 Å². The van der Waals surface area contributed by atoms with Crippen LogP contribution in [0, 0.1) is 5.82 Å². The van der Waals surface area contributed by atoms with Crippen LogP contribution in [0.2, 0.25) is 0 Å². The van der Waals surface area contributed by atoms with Gasteiger partial charge in [-0.05, 0) is 11.6 Å². The van der Waals surface area contributed by atoms with Crippen molar-refractivity contribution in [3.05, 3.63) is 29.6 Å². The fourth-order valence-electron chi connectivity index (χ4n) is 1.13. The molecule has 14 heavy (non-hydrogen) atoms. The number of carbonyl (C=O) groups excluding carboxylic acids is 1. The average molecular weight is 197 g/mol. The molecule has 4 heteroatoms. The van der Waals surface area contributed by atoms with E-state index in [9.17, 15) is 9.18 Å². The van der Waals surface area contributed by atoms with Crippen LogP contribution in [-0.2, 0) is 11.2 Å². The fourth-order valence-corrected chi connectivity index (χ4v) is 1.13. The standard InChI is InChI=1S/C10H12FNO2/c1-14-9-4-2-3-7(10(9)11)5-8(13)6-12/h2-4H,5-6,12H2,1H3. The summed E-state index contributed by atoms with van der Waals surface area (Å²) in [6, 6.07) is 4.69. The summed E-state index contributed by atoms with van der Waals surface area (Å²) in [6.07, 6.45) is 0.0134. The van der Waals surface area contributed by atoms with Gasteiger partial charge in [-0.15, -0.1) is 0 Å². The Balaban J connectivity index is 2.92. The summed E-state index contributed by atoms with van der Waals surface area (Å²) >= 11 is 0. The lowest BCUT2D eigenvalue weighted by molar-refractivity contribution is -0.117. The normalized spacial score (nSPS) is 9.93. The van der Waals surface area contributed by atoms with Crippen LogP contribution >= 0.6 is 0 Å². The molecule has 1 rings (SSSR count). The molecule has 0 aliphatic rings. The zero-order valence-electron chi connectivity index (χ0n) is 7.92. The van der Waals surface area contributed by atoms with E-state index < -0.39 is 5.82 Å². The Morgan fingerprint density at radius 2 is 2.29 bits per heavy atom. The van der Waals surface area contributed by atoms with Crippen LogP contribution in [0.5, 0.6) is 5.75 Å². The molecular weight excluding hydrogens is 185 g/mol. The first-order valence-corrected chi connectivity index (χ1v) is 4.22. The van der Waals surface area contributed by atoms with E-state index in [0.29, 0.717) is 5.56 Å². The van der Waals surface area contributed by atoms with Crippen molar-refractivity contribution >= 4 is 5.78 Å². The molecule has 0 amide bonds. The van der Waals surface area contributed by atoms with Gasteiger partial charge in [-0.2, -0.15) is 0 Å². The number of hydrogen-bond acceptors (Lipinski definition) is 3. The number of nitrogens with two attached hydrogens (primary N) is 1. The summed E-state index contributed by atoms with van der Waals surface area (Å²) in [5.74, 6) is -0.540. The molecule has 0 fully saturated rings. The van der Waals surface area contributed by atoms with Gasteiger partial charge in [-0.3, -0.25) is 4.79 Å². The molecule has 0 aliphatic heterocycles. The largest absolute Gasteiger partial charge is 0.494 e. The molecule has 0 aromatic heterocycles. The monoisotopic (exact) mass is 197 g/mol. The van der Waals surface area contributed by atoms with Crippen molar-refractivity contribution in [3.63, 3.8) is 0 Å². The van der Waals surface area contributed by atoms with Gasteiger partial charge < -0.3 is 10.5 Å². The van der Waals surface area contributed by atoms with Crippen LogP contribution in [0.3, 0.4) is 0 Å². The highest BCUT2D eigenvalue weighted by molar-refractivity contribution is 5.82. The molecular formula is C10H12FNO2. The SMILES string of the molecule is COc1cccc(CC(=O)CN)c1F. The predicted octanol–water partition coefficient (Wildman–Crippen LogP) is 0.905. The maximum atomic E-state index is 13.5. The van der Waals surface area contributed by atoms with Crippen molar-refractivity contribution in [3.8, 4) is 5.75 Å². The Morgan fingerprint density at radius 3 is 2.86 bits per heavy atom. The lowest BCUT2D eigenvalue weighted by atomic mass is 10.1. The molecule has 0 saturated heterocycles. The third kappa shape index (κ3) is 2.29. The molecule has 0 radical (unpaired) electrons. The maximum Gasteiger partial charge on any atom is 0.168 e. The first-order valence-electron chi connectivity index (χ1n) is 4.22. The zero-order valence-corrected chi connectivity index (χ0v) is 7.92. The minimum absolute atomic E-state index is 0.0134. The van der Waals surface area contributed by atoms with Crippen LogP contribution in [0.25, 0.3) is 0 Å². The number of halogens is 1. The predicted molar refractivity (Wildman–Crippen MR) is 50.7 cm³/mol. The van der Waals surface area contributed by atoms with Crippen molar-refractivity contribution < 1.29 is 13.9 Å². The van der Waals surface area contributed by atoms with Gasteiger partial charge in [0.1, 0.15) is 0 Å². The Labute approximate surface area is 81.7 Å². The van der Waals surface area contributed by atoms with Crippen LogP contribution in [-0.4, -0.2) is 19.4 Å². The Hall–Kier alpha value is -1.42. The summed E-state index contributed by atoms with van der Waals surface area (Å²) < 4.78 is 18.2. The fraction of sp³-hybridized carbons (Fsp3) is 0.300. The first-order chi connectivity index (χ1) is 6.69. The summed E-state index contributed by atoms with van der Waals surface area (Å²) in [5, 5.41) is 0. The van der Waals surface area contributed by atoms with Crippen molar-refractivity contribution in [2.24, 2.45) is 5.73 Å². The quantitative estimate of drug-likeness (QED) is 0.780. The molecule has 2 N–H and O–H groups in total. The van der Waals surface area contributed by atoms with Gasteiger partial charge >= 0.3 is 0 Å². The maximum absolute atomic E-state index is 13.5. The molecule has 0 bridgehead atoms. The summed E-state index contributed by atoms with van der Waals surface area (Å²) in [7, 11) is 1.38. The van der Waals surface area contributed by atoms with Gasteiger partial charge in [0.2, 0.25) is 0 Å². The smallest absolute Gasteiger partial charge is 0.168 e. The van der Waals surface area contributed by atoms with Crippen molar-refractivity contribution in [1.82, 2.24) is 0 Å². The van der Waals surface area contributed by atoms with Crippen LogP contribution in [0.1, 0.15) is 5.56 Å². The second-order valence-electron chi connectivity index (χ2n) is 2.85. The number of ether oxygens (including phenoxy) is 1. The summed E-state index contributed by atoms with van der Waals surface area (Å²) in [6.45, 7) is -0.0728. The van der Waals surface area contributed by atoms with Gasteiger partial charge in [0.25, 0.3) is 0 Å². The third-order valence-electron chi connectivity index (χ3n) is 1.88. The van der Waals surface area contributed by atoms with Crippen LogP contribution in [0.15, 0.2) is 18.2 Å². The van der Waals surface area contributed by atoms with E-state index in [4.69, 9.17) is 10.5 Å². The van der Waals surface area contributed by atoms with Crippen LogP contribution in [0.4, 0.5) is 4.39 Å². The molecule has 1 aromatic carbocycles. The summed E-state index contributed by atoms with van der Waals surface area (Å²) in [4.78, 5) is 11.0. The van der Waals surface area contributed by atoms with Gasteiger partial charge in [0.15, 0.2) is 17.3 Å². The molecule has 0 saturated carbocycles. The molecule has 0 atom stereocenters. The number of ketones is 1. The average Bonchev–Trinajstić information content (AvgIpc) is 2.21. The summed E-state index contributed by atoms with van der Waals surface area (Å²) in [5.41, 5.74) is 5.46. The van der Waals surface area contributed by atoms with E-state index in [1.165, 1.54) is 13.2 Å². The lowest BCUT2D eigenvalue weighted by Gasteiger charge is -2.05. The van der Waals surface area contributed by atoms with Gasteiger partial charge in [-0.25, -0.2) is 4.39 Å². The van der Waals surface area contributed by atoms with E-state index in [-0.39, 0.29) is 24.5 Å². The number of hydrogen-bond donors (Lipinski definition) is 1. The molecule has 0 aliphatic carbocycles. The third-order valence-corrected chi connectivity index (χ3v) is 1.88. The zero-order chi connectivity index (χ0) is 10.6. The van der Waals surface area contributed by atoms with Crippen molar-refractivity contribution in [1.29, 1.82) is 0 Å². The number of rotatable bonds is 4. The molecule has 3 nitrogen and oxygen atoms in total. The minimum atomic E-state index is -0.489. The number of methoxy groups -OCH3 is 1. The Kier molecular flexibility index (Phi) is 3.59. The lowest BCUT2D eigenvalue weighted by Crippen LogP contribution is -2.16. The molecule has 0 heterocycles. The van der Waals surface area contributed by atoms with Crippen molar-refractivity contribution in [2.75, 3.05) is 13.7 Å². The van der Waals surface area contributed by atoms with E-state index in [2.05, 4.69) is 0 Å². The molecule has 1 aromatic rings. The number of carbonyl (C=O) groups is 1. The van der Waals surface area contributed by atoms with E-state index in [1.54, 1.807) is 12.1 Å². The van der Waals surface area contributed by atoms with E-state index in [0.717, 1.165) is 0 Å². The minimum Gasteiger partial charge on any atom is -0.494 e. The highest BCUT2D eigenvalue weighted by Crippen LogP contribution is 2.20. The number of benzene rings is 1. The second kappa shape index (κ2) is 4.72. The highest BCUT2D eigenvalue weighted by Gasteiger charge is 2.10. The van der Waals surface area contributed by atoms with Gasteiger partial charge in [0.05, 0.1) is 13.7 Å². The number of Topliss-reactive ketones (excluding diaryl/α,β-unsaturated/α-hetero) is 1. The van der Waals surface area contributed by atoms with E-state index in [1.807, 2.05) is 0 Å². The molecule has 0 spiro atoms. The molecule has 0 unspecified atom stereocenters. The van der Waals surface area contributed by atoms with Gasteiger partial charge in [0, 0.05) is 6.42 Å². The Morgan fingerprint density at radius 1 is 1.57 bits per heavy atom. The molecule has 76 valence electrons. The first kappa shape index (κ1) is 10.7. The second-order valence-corrected chi connectivity index (χ2v) is 2.85. The Bertz CT molecular complexity index is 339. The highest BCUT2D eigenvalue weighted by atomic mass is 19.1. The van der Waals surface area contributed by atoms with Crippen LogP contribution < -0.4 is 10.5 Å². The van der Waals surface area contributed by atoms with E-state index >= 15 is 0 Å².